The van der Waals surface area contributed by atoms with Gasteiger partial charge in [0.05, 0.1) is 13.2 Å². The molecule has 0 fully saturated rings. The Morgan fingerprint density at radius 2 is 1.59 bits per heavy atom. The first-order chi connectivity index (χ1) is 16.5. The standard InChI is InChI=1S/C30H34O4/c1-5-22-18-25(12-13-27(22)24-10-8-7-9-11-24)28-19-23(6-2)29(33-17-15-31)20-26(28)14-16-34-30(32)21(3)4/h7-13,18-20,31H,3,5-6,14-17H2,1-2,4H3. The van der Waals surface area contributed by atoms with Crippen LogP contribution >= 0.6 is 0 Å². The average molecular weight is 459 g/mol. The number of aliphatic hydroxyl groups is 1. The third kappa shape index (κ3) is 6.15. The smallest absolute Gasteiger partial charge is 0.333 e. The van der Waals surface area contributed by atoms with Crippen LogP contribution in [-0.4, -0.2) is 30.9 Å². The van der Waals surface area contributed by atoms with Crippen LogP contribution in [0.25, 0.3) is 22.3 Å². The summed E-state index contributed by atoms with van der Waals surface area (Å²) >= 11 is 0. The summed E-state index contributed by atoms with van der Waals surface area (Å²) in [6.45, 7) is 10.0. The van der Waals surface area contributed by atoms with E-state index in [9.17, 15) is 9.90 Å². The van der Waals surface area contributed by atoms with Gasteiger partial charge >= 0.3 is 5.97 Å². The van der Waals surface area contributed by atoms with Crippen molar-refractivity contribution >= 4 is 5.97 Å². The molecule has 0 heterocycles. The molecule has 0 bridgehead atoms. The number of hydrogen-bond donors (Lipinski definition) is 1. The second-order valence-electron chi connectivity index (χ2n) is 8.30. The zero-order valence-electron chi connectivity index (χ0n) is 20.4. The van der Waals surface area contributed by atoms with Gasteiger partial charge in [-0.3, -0.25) is 0 Å². The highest BCUT2D eigenvalue weighted by molar-refractivity contribution is 5.87. The molecule has 0 saturated carbocycles. The summed E-state index contributed by atoms with van der Waals surface area (Å²) in [6.07, 6.45) is 2.28. The lowest BCUT2D eigenvalue weighted by atomic mass is 9.90. The Balaban J connectivity index is 2.03. The SMILES string of the molecule is C=C(C)C(=O)OCCc1cc(OCCO)c(CC)cc1-c1ccc(-c2ccccc2)c(CC)c1. The van der Waals surface area contributed by atoms with Crippen LogP contribution < -0.4 is 4.74 Å². The van der Waals surface area contributed by atoms with Crippen molar-refractivity contribution in [3.8, 4) is 28.0 Å². The quantitative estimate of drug-likeness (QED) is 0.275. The number of aliphatic hydroxyl groups excluding tert-OH is 1. The van der Waals surface area contributed by atoms with E-state index in [-0.39, 0.29) is 25.8 Å². The number of benzene rings is 3. The van der Waals surface area contributed by atoms with Crippen LogP contribution in [0.1, 0.15) is 37.5 Å². The molecule has 0 aliphatic carbocycles. The van der Waals surface area contributed by atoms with Gasteiger partial charge in [0.2, 0.25) is 0 Å². The molecule has 0 radical (unpaired) electrons. The number of aryl methyl sites for hydroxylation is 2. The van der Waals surface area contributed by atoms with Crippen molar-refractivity contribution in [3.63, 3.8) is 0 Å². The van der Waals surface area contributed by atoms with Crippen molar-refractivity contribution in [1.82, 2.24) is 0 Å². The minimum Gasteiger partial charge on any atom is -0.491 e. The third-order valence-electron chi connectivity index (χ3n) is 5.85. The van der Waals surface area contributed by atoms with Gasteiger partial charge in [-0.05, 0) is 70.8 Å². The Morgan fingerprint density at radius 1 is 0.853 bits per heavy atom. The first-order valence-corrected chi connectivity index (χ1v) is 11.9. The number of rotatable bonds is 11. The molecule has 0 atom stereocenters. The molecule has 3 aromatic rings. The van der Waals surface area contributed by atoms with Crippen LogP contribution in [0.2, 0.25) is 0 Å². The van der Waals surface area contributed by atoms with Crippen LogP contribution in [-0.2, 0) is 28.8 Å². The van der Waals surface area contributed by atoms with Gasteiger partial charge in [0, 0.05) is 12.0 Å². The molecule has 1 N–H and O–H groups in total. The lowest BCUT2D eigenvalue weighted by Crippen LogP contribution is -2.10. The lowest BCUT2D eigenvalue weighted by Gasteiger charge is -2.18. The van der Waals surface area contributed by atoms with Crippen molar-refractivity contribution in [3.05, 3.63) is 89.5 Å². The lowest BCUT2D eigenvalue weighted by molar-refractivity contribution is -0.138. The molecule has 0 spiro atoms. The van der Waals surface area contributed by atoms with Crippen LogP contribution in [0.15, 0.2) is 72.8 Å². The summed E-state index contributed by atoms with van der Waals surface area (Å²) in [5, 5.41) is 9.23. The zero-order valence-corrected chi connectivity index (χ0v) is 20.4. The number of ether oxygens (including phenoxy) is 2. The zero-order chi connectivity index (χ0) is 24.5. The van der Waals surface area contributed by atoms with Gasteiger partial charge in [0.15, 0.2) is 0 Å². The Hall–Kier alpha value is -3.37. The van der Waals surface area contributed by atoms with Gasteiger partial charge < -0.3 is 14.6 Å². The first kappa shape index (κ1) is 25.3. The van der Waals surface area contributed by atoms with E-state index >= 15 is 0 Å². The topological polar surface area (TPSA) is 55.8 Å². The van der Waals surface area contributed by atoms with E-state index in [2.05, 4.69) is 69.0 Å². The van der Waals surface area contributed by atoms with Crippen molar-refractivity contribution in [2.75, 3.05) is 19.8 Å². The Kier molecular flexibility index (Phi) is 9.06. The fraction of sp³-hybridized carbons (Fsp3) is 0.300. The summed E-state index contributed by atoms with van der Waals surface area (Å²) in [4.78, 5) is 11.9. The molecule has 0 aromatic heterocycles. The maximum Gasteiger partial charge on any atom is 0.333 e. The minimum atomic E-state index is -0.385. The maximum atomic E-state index is 11.9. The van der Waals surface area contributed by atoms with Gasteiger partial charge in [-0.1, -0.05) is 69.0 Å². The van der Waals surface area contributed by atoms with Gasteiger partial charge in [-0.2, -0.15) is 0 Å². The van der Waals surface area contributed by atoms with E-state index in [0.29, 0.717) is 12.0 Å². The molecule has 0 amide bonds. The van der Waals surface area contributed by atoms with Gasteiger partial charge in [0.25, 0.3) is 0 Å². The van der Waals surface area contributed by atoms with Gasteiger partial charge in [-0.25, -0.2) is 4.79 Å². The van der Waals surface area contributed by atoms with Gasteiger partial charge in [0.1, 0.15) is 12.4 Å². The molecule has 34 heavy (non-hydrogen) atoms. The number of carbonyl (C=O) groups is 1. The second-order valence-corrected chi connectivity index (χ2v) is 8.30. The summed E-state index contributed by atoms with van der Waals surface area (Å²) in [6, 6.07) is 21.2. The molecule has 3 rings (SSSR count). The van der Waals surface area contributed by atoms with Crippen LogP contribution in [0.3, 0.4) is 0 Å². The predicted octanol–water partition coefficient (Wildman–Crippen LogP) is 6.18. The molecule has 0 aliphatic heterocycles. The number of carbonyl (C=O) groups excluding carboxylic acids is 1. The highest BCUT2D eigenvalue weighted by atomic mass is 16.5. The van der Waals surface area contributed by atoms with E-state index in [4.69, 9.17) is 9.47 Å². The van der Waals surface area contributed by atoms with Crippen LogP contribution in [0.5, 0.6) is 5.75 Å². The summed E-state index contributed by atoms with van der Waals surface area (Å²) in [5.41, 5.74) is 8.46. The number of esters is 1. The van der Waals surface area contributed by atoms with Crippen LogP contribution in [0, 0.1) is 0 Å². The normalized spacial score (nSPS) is 10.7. The maximum absolute atomic E-state index is 11.9. The Morgan fingerprint density at radius 3 is 2.24 bits per heavy atom. The van der Waals surface area contributed by atoms with Gasteiger partial charge in [-0.15, -0.1) is 0 Å². The Bertz CT molecular complexity index is 1130. The average Bonchev–Trinajstić information content (AvgIpc) is 2.87. The van der Waals surface area contributed by atoms with Crippen molar-refractivity contribution < 1.29 is 19.4 Å². The fourth-order valence-corrected chi connectivity index (χ4v) is 4.04. The van der Waals surface area contributed by atoms with Crippen molar-refractivity contribution in [2.45, 2.75) is 40.0 Å². The molecule has 0 unspecified atom stereocenters. The Labute approximate surface area is 202 Å². The highest BCUT2D eigenvalue weighted by Crippen LogP contribution is 2.35. The molecule has 0 saturated heterocycles. The summed E-state index contributed by atoms with van der Waals surface area (Å²) in [7, 11) is 0. The largest absolute Gasteiger partial charge is 0.491 e. The van der Waals surface area contributed by atoms with E-state index in [1.54, 1.807) is 6.92 Å². The monoisotopic (exact) mass is 458 g/mol. The van der Waals surface area contributed by atoms with E-state index < -0.39 is 0 Å². The van der Waals surface area contributed by atoms with Crippen molar-refractivity contribution in [2.24, 2.45) is 0 Å². The fourth-order valence-electron chi connectivity index (χ4n) is 4.04. The molecule has 0 aliphatic rings. The third-order valence-corrected chi connectivity index (χ3v) is 5.85. The summed E-state index contributed by atoms with van der Waals surface area (Å²) < 4.78 is 11.2. The number of hydrogen-bond acceptors (Lipinski definition) is 4. The van der Waals surface area contributed by atoms with E-state index in [1.165, 1.54) is 16.7 Å². The van der Waals surface area contributed by atoms with E-state index in [0.717, 1.165) is 40.8 Å². The van der Waals surface area contributed by atoms with E-state index in [1.807, 2.05) is 12.1 Å². The molecule has 3 aromatic carbocycles. The van der Waals surface area contributed by atoms with Crippen molar-refractivity contribution in [1.29, 1.82) is 0 Å². The predicted molar refractivity (Wildman–Crippen MR) is 138 cm³/mol. The second kappa shape index (κ2) is 12.2. The minimum absolute atomic E-state index is 0.0444. The molecule has 4 heteroatoms. The molecular weight excluding hydrogens is 424 g/mol. The molecular formula is C30H34O4. The molecule has 178 valence electrons. The van der Waals surface area contributed by atoms with Crippen LogP contribution in [0.4, 0.5) is 0 Å². The molecule has 4 nitrogen and oxygen atoms in total. The summed E-state index contributed by atoms with van der Waals surface area (Å²) in [5.74, 6) is 0.377. The first-order valence-electron chi connectivity index (χ1n) is 11.9. The highest BCUT2D eigenvalue weighted by Gasteiger charge is 2.15.